The lowest BCUT2D eigenvalue weighted by atomic mass is 10.2. The maximum atomic E-state index is 6.28. The van der Waals surface area contributed by atoms with Gasteiger partial charge in [0.1, 0.15) is 8.73 Å². The van der Waals surface area contributed by atoms with Crippen molar-refractivity contribution < 1.29 is 0 Å². The van der Waals surface area contributed by atoms with Crippen molar-refractivity contribution in [1.29, 1.82) is 0 Å². The van der Waals surface area contributed by atoms with E-state index < -0.39 is 0 Å². The van der Waals surface area contributed by atoms with Crippen LogP contribution in [0.1, 0.15) is 11.1 Å². The van der Waals surface area contributed by atoms with Crippen LogP contribution in [0.2, 0.25) is 0 Å². The molecule has 0 saturated heterocycles. The predicted octanol–water partition coefficient (Wildman–Crippen LogP) is 6.79. The summed E-state index contributed by atoms with van der Waals surface area (Å²) < 4.78 is 1.20. The first-order valence-electron chi connectivity index (χ1n) is 6.09. The van der Waals surface area contributed by atoms with Gasteiger partial charge >= 0.3 is 0 Å². The van der Waals surface area contributed by atoms with E-state index in [1.807, 2.05) is 24.3 Å². The molecule has 0 nitrogen and oxygen atoms in total. The summed E-state index contributed by atoms with van der Waals surface area (Å²) in [5.41, 5.74) is 2.46. The van der Waals surface area contributed by atoms with Gasteiger partial charge in [-0.2, -0.15) is 0 Å². The summed E-state index contributed by atoms with van der Waals surface area (Å²) >= 11 is 15.5. The molecule has 2 rings (SSSR count). The van der Waals surface area contributed by atoms with E-state index in [9.17, 15) is 0 Å². The van der Waals surface area contributed by atoms with Crippen LogP contribution in [-0.2, 0) is 0 Å². The number of halogens is 2. The number of hydrogen-bond donors (Lipinski definition) is 0. The van der Waals surface area contributed by atoms with Crippen molar-refractivity contribution in [3.05, 3.63) is 68.4 Å². The van der Waals surface area contributed by atoms with Gasteiger partial charge in [-0.25, -0.2) is 0 Å². The molecule has 0 aliphatic carbocycles. The zero-order valence-electron chi connectivity index (χ0n) is 11.2. The highest BCUT2D eigenvalue weighted by Crippen LogP contribution is 2.40. The smallest absolute Gasteiger partial charge is 0.0756 e. The first kappa shape index (κ1) is 15.8. The van der Waals surface area contributed by atoms with Crippen LogP contribution in [-0.4, -0.2) is 0 Å². The molecule has 2 aromatic carbocycles. The molecule has 0 aliphatic rings. The lowest BCUT2D eigenvalue weighted by Gasteiger charge is -2.05. The van der Waals surface area contributed by atoms with Crippen molar-refractivity contribution in [3.63, 3.8) is 0 Å². The van der Waals surface area contributed by atoms with E-state index in [2.05, 4.69) is 38.1 Å². The molecule has 0 heterocycles. The molecule has 0 spiro atoms. The van der Waals surface area contributed by atoms with Gasteiger partial charge in [0.15, 0.2) is 0 Å². The minimum atomic E-state index is 0.598. The summed E-state index contributed by atoms with van der Waals surface area (Å²) in [4.78, 5) is 2.17. The molecule has 0 N–H and O–H groups in total. The molecule has 0 atom stereocenters. The molecular weight excluding hydrogens is 327 g/mol. The highest BCUT2D eigenvalue weighted by atomic mass is 35.5. The standard InChI is InChI=1S/C16H14Cl2S2/c1-11-3-7-13(8-4-11)19-15(17)16(18)20-14-9-5-12(2)6-10-14/h3-10H,1-2H3/b16-15-. The molecule has 0 fully saturated rings. The van der Waals surface area contributed by atoms with Gasteiger partial charge in [-0.1, -0.05) is 82.1 Å². The Morgan fingerprint density at radius 2 is 0.950 bits per heavy atom. The molecule has 4 heteroatoms. The second-order valence-corrected chi connectivity index (χ2v) is 7.75. The van der Waals surface area contributed by atoms with Crippen molar-refractivity contribution >= 4 is 46.7 Å². The van der Waals surface area contributed by atoms with Crippen molar-refractivity contribution in [1.82, 2.24) is 0 Å². The second-order valence-electron chi connectivity index (χ2n) is 4.38. The summed E-state index contributed by atoms with van der Waals surface area (Å²) in [6.45, 7) is 4.12. The summed E-state index contributed by atoms with van der Waals surface area (Å²) in [5, 5.41) is 0. The van der Waals surface area contributed by atoms with Gasteiger partial charge in [0.2, 0.25) is 0 Å². The van der Waals surface area contributed by atoms with Gasteiger partial charge < -0.3 is 0 Å². The number of rotatable bonds is 4. The third kappa shape index (κ3) is 4.78. The van der Waals surface area contributed by atoms with Crippen LogP contribution >= 0.6 is 46.7 Å². The predicted molar refractivity (Wildman–Crippen MR) is 92.8 cm³/mol. The van der Waals surface area contributed by atoms with Crippen LogP contribution < -0.4 is 0 Å². The van der Waals surface area contributed by atoms with E-state index in [0.29, 0.717) is 8.73 Å². The summed E-state index contributed by atoms with van der Waals surface area (Å²) in [6, 6.07) is 16.4. The topological polar surface area (TPSA) is 0 Å². The van der Waals surface area contributed by atoms with Crippen LogP contribution in [0.25, 0.3) is 0 Å². The lowest BCUT2D eigenvalue weighted by molar-refractivity contribution is 1.38. The Bertz CT molecular complexity index is 546. The lowest BCUT2D eigenvalue weighted by Crippen LogP contribution is -1.76. The summed E-state index contributed by atoms with van der Waals surface area (Å²) in [7, 11) is 0. The minimum Gasteiger partial charge on any atom is -0.0756 e. The Kier molecular flexibility index (Phi) is 5.91. The maximum Gasteiger partial charge on any atom is 0.104 e. The highest BCUT2D eigenvalue weighted by Gasteiger charge is 2.06. The summed E-state index contributed by atoms with van der Waals surface area (Å²) in [5.74, 6) is 0. The highest BCUT2D eigenvalue weighted by molar-refractivity contribution is 8.08. The quantitative estimate of drug-likeness (QED) is 0.561. The van der Waals surface area contributed by atoms with Crippen LogP contribution in [0.3, 0.4) is 0 Å². The normalized spacial score (nSPS) is 12.2. The Morgan fingerprint density at radius 1 is 0.650 bits per heavy atom. The van der Waals surface area contributed by atoms with E-state index in [0.717, 1.165) is 9.79 Å². The Labute approximate surface area is 138 Å². The van der Waals surface area contributed by atoms with Gasteiger partial charge in [0.25, 0.3) is 0 Å². The fraction of sp³-hybridized carbons (Fsp3) is 0.125. The second kappa shape index (κ2) is 7.46. The SMILES string of the molecule is Cc1ccc(S/C(Cl)=C(/Cl)Sc2ccc(C)cc2)cc1. The monoisotopic (exact) mass is 340 g/mol. The van der Waals surface area contributed by atoms with Gasteiger partial charge in [-0.05, 0) is 38.1 Å². The average molecular weight is 341 g/mol. The molecule has 0 saturated carbocycles. The fourth-order valence-electron chi connectivity index (χ4n) is 1.50. The van der Waals surface area contributed by atoms with Crippen LogP contribution in [0.15, 0.2) is 67.1 Å². The van der Waals surface area contributed by atoms with Crippen molar-refractivity contribution in [2.75, 3.05) is 0 Å². The molecule has 20 heavy (non-hydrogen) atoms. The molecular formula is C16H14Cl2S2. The Hall–Kier alpha value is -0.540. The molecule has 0 amide bonds. The van der Waals surface area contributed by atoms with Crippen molar-refractivity contribution in [2.24, 2.45) is 0 Å². The van der Waals surface area contributed by atoms with Crippen LogP contribution in [0.4, 0.5) is 0 Å². The first-order valence-corrected chi connectivity index (χ1v) is 8.48. The van der Waals surface area contributed by atoms with E-state index in [4.69, 9.17) is 23.2 Å². The van der Waals surface area contributed by atoms with Gasteiger partial charge in [-0.15, -0.1) is 0 Å². The Balaban J connectivity index is 2.06. The van der Waals surface area contributed by atoms with E-state index in [1.54, 1.807) is 0 Å². The van der Waals surface area contributed by atoms with Crippen molar-refractivity contribution in [3.8, 4) is 0 Å². The molecule has 0 bridgehead atoms. The first-order chi connectivity index (χ1) is 9.54. The largest absolute Gasteiger partial charge is 0.104 e. The maximum absolute atomic E-state index is 6.28. The third-order valence-electron chi connectivity index (χ3n) is 2.61. The zero-order chi connectivity index (χ0) is 14.5. The average Bonchev–Trinajstić information content (AvgIpc) is 2.44. The molecule has 0 aromatic heterocycles. The molecule has 104 valence electrons. The number of thioether (sulfide) groups is 2. The van der Waals surface area contributed by atoms with Crippen molar-refractivity contribution in [2.45, 2.75) is 23.6 Å². The zero-order valence-corrected chi connectivity index (χ0v) is 14.3. The Morgan fingerprint density at radius 3 is 1.25 bits per heavy atom. The van der Waals surface area contributed by atoms with E-state index in [1.165, 1.54) is 34.7 Å². The number of hydrogen-bond acceptors (Lipinski definition) is 2. The van der Waals surface area contributed by atoms with Gasteiger partial charge in [0.05, 0.1) is 0 Å². The van der Waals surface area contributed by atoms with Crippen LogP contribution in [0, 0.1) is 13.8 Å². The molecule has 0 unspecified atom stereocenters. The third-order valence-corrected chi connectivity index (χ3v) is 5.68. The summed E-state index contributed by atoms with van der Waals surface area (Å²) in [6.07, 6.45) is 0. The van der Waals surface area contributed by atoms with Crippen LogP contribution in [0.5, 0.6) is 0 Å². The fourth-order valence-corrected chi connectivity index (χ4v) is 3.63. The molecule has 0 aliphatic heterocycles. The van der Waals surface area contributed by atoms with Gasteiger partial charge in [-0.3, -0.25) is 0 Å². The van der Waals surface area contributed by atoms with Gasteiger partial charge in [0, 0.05) is 9.79 Å². The van der Waals surface area contributed by atoms with E-state index in [-0.39, 0.29) is 0 Å². The van der Waals surface area contributed by atoms with E-state index >= 15 is 0 Å². The molecule has 2 aromatic rings. The number of aryl methyl sites for hydroxylation is 2. The molecule has 0 radical (unpaired) electrons. The number of benzene rings is 2. The minimum absolute atomic E-state index is 0.598.